The summed E-state index contributed by atoms with van der Waals surface area (Å²) in [6.07, 6.45) is -0.469. The number of H-pyrrole nitrogens is 1. The molecule has 21 heavy (non-hydrogen) atoms. The van der Waals surface area contributed by atoms with Crippen LogP contribution in [0.25, 0.3) is 0 Å². The lowest BCUT2D eigenvalue weighted by atomic mass is 10.1. The lowest BCUT2D eigenvalue weighted by molar-refractivity contribution is -0.274. The van der Waals surface area contributed by atoms with Crippen LogP contribution in [0, 0.1) is 0 Å². The second-order valence-electron chi connectivity index (χ2n) is 4.62. The fourth-order valence-electron chi connectivity index (χ4n) is 1.92. The maximum Gasteiger partial charge on any atom is 0.573 e. The summed E-state index contributed by atoms with van der Waals surface area (Å²) in [5.74, 6) is -0.212. The number of imidazole rings is 1. The second kappa shape index (κ2) is 6.62. The highest BCUT2D eigenvalue weighted by molar-refractivity contribution is 5.29. The van der Waals surface area contributed by atoms with E-state index in [9.17, 15) is 13.2 Å². The summed E-state index contributed by atoms with van der Waals surface area (Å²) in [7, 11) is 0. The number of nitrogens with one attached hydrogen (secondary N) is 2. The molecule has 0 spiro atoms. The Morgan fingerprint density at radius 3 is 2.57 bits per heavy atom. The van der Waals surface area contributed by atoms with Gasteiger partial charge in [-0.3, -0.25) is 0 Å². The van der Waals surface area contributed by atoms with E-state index in [-0.39, 0.29) is 11.8 Å². The smallest absolute Gasteiger partial charge is 0.406 e. The third-order valence-electron chi connectivity index (χ3n) is 3.01. The Hall–Kier alpha value is -2.02. The molecule has 7 heteroatoms. The molecule has 1 heterocycles. The largest absolute Gasteiger partial charge is 0.573 e. The number of nitrogens with zero attached hydrogens (tertiary/aromatic N) is 1. The van der Waals surface area contributed by atoms with Crippen molar-refractivity contribution in [1.82, 2.24) is 15.3 Å². The van der Waals surface area contributed by atoms with E-state index in [2.05, 4.69) is 20.0 Å². The summed E-state index contributed by atoms with van der Waals surface area (Å²) in [5, 5.41) is 3.29. The van der Waals surface area contributed by atoms with Crippen LogP contribution in [-0.2, 0) is 6.42 Å². The number of hydrogen-bond donors (Lipinski definition) is 2. The SMILES string of the molecule is CC(NCCc1cnc[nH]1)c1ccc(OC(F)(F)F)cc1. The van der Waals surface area contributed by atoms with Crippen molar-refractivity contribution in [2.75, 3.05) is 6.54 Å². The van der Waals surface area contributed by atoms with Gasteiger partial charge in [-0.25, -0.2) is 4.98 Å². The topological polar surface area (TPSA) is 49.9 Å². The molecule has 1 unspecified atom stereocenters. The van der Waals surface area contributed by atoms with Gasteiger partial charge in [0.25, 0.3) is 0 Å². The summed E-state index contributed by atoms with van der Waals surface area (Å²) in [6.45, 7) is 2.69. The average Bonchev–Trinajstić information content (AvgIpc) is 2.91. The quantitative estimate of drug-likeness (QED) is 0.861. The Kier molecular flexibility index (Phi) is 4.85. The Morgan fingerprint density at radius 2 is 2.00 bits per heavy atom. The van der Waals surface area contributed by atoms with E-state index in [4.69, 9.17) is 0 Å². The van der Waals surface area contributed by atoms with Gasteiger partial charge in [0, 0.05) is 30.9 Å². The summed E-state index contributed by atoms with van der Waals surface area (Å²) in [5.41, 5.74) is 1.93. The van der Waals surface area contributed by atoms with E-state index >= 15 is 0 Å². The van der Waals surface area contributed by atoms with E-state index in [0.29, 0.717) is 0 Å². The van der Waals surface area contributed by atoms with Crippen LogP contribution in [0.2, 0.25) is 0 Å². The molecule has 2 aromatic rings. The first-order valence-corrected chi connectivity index (χ1v) is 6.50. The highest BCUT2D eigenvalue weighted by Gasteiger charge is 2.30. The molecule has 2 N–H and O–H groups in total. The van der Waals surface area contributed by atoms with Crippen LogP contribution in [0.4, 0.5) is 13.2 Å². The van der Waals surface area contributed by atoms with Crippen LogP contribution in [0.5, 0.6) is 5.75 Å². The molecule has 0 fully saturated rings. The van der Waals surface area contributed by atoms with Crippen molar-refractivity contribution >= 4 is 0 Å². The van der Waals surface area contributed by atoms with Gasteiger partial charge in [0.15, 0.2) is 0 Å². The normalized spacial score (nSPS) is 13.1. The molecule has 4 nitrogen and oxygen atoms in total. The number of alkyl halides is 3. The van der Waals surface area contributed by atoms with Gasteiger partial charge in [0.1, 0.15) is 5.75 Å². The Bertz CT molecular complexity index is 538. The number of ether oxygens (including phenoxy) is 1. The summed E-state index contributed by atoms with van der Waals surface area (Å²) in [4.78, 5) is 6.93. The highest BCUT2D eigenvalue weighted by Crippen LogP contribution is 2.24. The molecule has 0 saturated heterocycles. The molecule has 0 amide bonds. The van der Waals surface area contributed by atoms with Crippen molar-refractivity contribution < 1.29 is 17.9 Å². The van der Waals surface area contributed by atoms with Gasteiger partial charge in [-0.2, -0.15) is 0 Å². The number of aromatic amines is 1. The maximum atomic E-state index is 12.1. The molecule has 1 aromatic carbocycles. The van der Waals surface area contributed by atoms with E-state index in [1.807, 2.05) is 6.92 Å². The molecule has 1 aromatic heterocycles. The zero-order valence-electron chi connectivity index (χ0n) is 11.4. The van der Waals surface area contributed by atoms with Crippen molar-refractivity contribution in [2.45, 2.75) is 25.7 Å². The summed E-state index contributed by atoms with van der Waals surface area (Å²) in [6, 6.07) is 5.91. The first-order chi connectivity index (χ1) is 9.94. The van der Waals surface area contributed by atoms with Crippen LogP contribution >= 0.6 is 0 Å². The summed E-state index contributed by atoms with van der Waals surface area (Å²) < 4.78 is 40.0. The maximum absolute atomic E-state index is 12.1. The minimum atomic E-state index is -4.66. The number of aromatic nitrogens is 2. The second-order valence-corrected chi connectivity index (χ2v) is 4.62. The zero-order valence-corrected chi connectivity index (χ0v) is 11.4. The zero-order chi connectivity index (χ0) is 15.3. The molecule has 0 aliphatic heterocycles. The van der Waals surface area contributed by atoms with Crippen molar-refractivity contribution in [3.05, 3.63) is 48.0 Å². The molecule has 0 saturated carbocycles. The molecule has 0 aliphatic carbocycles. The number of hydrogen-bond acceptors (Lipinski definition) is 3. The van der Waals surface area contributed by atoms with Gasteiger partial charge in [0.05, 0.1) is 6.33 Å². The van der Waals surface area contributed by atoms with Gasteiger partial charge in [-0.05, 0) is 24.6 Å². The third-order valence-corrected chi connectivity index (χ3v) is 3.01. The molecule has 0 aliphatic rings. The molecular formula is C14H16F3N3O. The monoisotopic (exact) mass is 299 g/mol. The van der Waals surface area contributed by atoms with E-state index in [1.54, 1.807) is 24.7 Å². The number of halogens is 3. The van der Waals surface area contributed by atoms with Gasteiger partial charge < -0.3 is 15.0 Å². The van der Waals surface area contributed by atoms with Crippen molar-refractivity contribution in [1.29, 1.82) is 0 Å². The minimum absolute atomic E-state index is 0.0351. The Labute approximate surface area is 120 Å². The first-order valence-electron chi connectivity index (χ1n) is 6.50. The number of benzene rings is 1. The fraction of sp³-hybridized carbons (Fsp3) is 0.357. The van der Waals surface area contributed by atoms with Crippen LogP contribution in [-0.4, -0.2) is 22.9 Å². The molecule has 114 valence electrons. The van der Waals surface area contributed by atoms with Crippen molar-refractivity contribution in [3.8, 4) is 5.75 Å². The van der Waals surface area contributed by atoms with E-state index < -0.39 is 6.36 Å². The first kappa shape index (κ1) is 15.4. The highest BCUT2D eigenvalue weighted by atomic mass is 19.4. The predicted molar refractivity (Wildman–Crippen MR) is 71.8 cm³/mol. The summed E-state index contributed by atoms with van der Waals surface area (Å²) >= 11 is 0. The van der Waals surface area contributed by atoms with E-state index in [0.717, 1.165) is 24.2 Å². The van der Waals surface area contributed by atoms with Crippen LogP contribution in [0.15, 0.2) is 36.8 Å². The Balaban J connectivity index is 1.83. The molecule has 0 radical (unpaired) electrons. The van der Waals surface area contributed by atoms with Crippen LogP contribution in [0.1, 0.15) is 24.2 Å². The van der Waals surface area contributed by atoms with Crippen molar-refractivity contribution in [2.24, 2.45) is 0 Å². The predicted octanol–water partition coefficient (Wildman–Crippen LogP) is 3.20. The lowest BCUT2D eigenvalue weighted by Crippen LogP contribution is -2.21. The van der Waals surface area contributed by atoms with E-state index in [1.165, 1.54) is 12.1 Å². The molecular weight excluding hydrogens is 283 g/mol. The standard InChI is InChI=1S/C14H16F3N3O/c1-10(19-7-6-12-8-18-9-20-12)11-2-4-13(5-3-11)21-14(15,16)17/h2-5,8-10,19H,6-7H2,1H3,(H,18,20). The number of rotatable bonds is 6. The Morgan fingerprint density at radius 1 is 1.29 bits per heavy atom. The molecule has 2 rings (SSSR count). The third kappa shape index (κ3) is 5.11. The van der Waals surface area contributed by atoms with Gasteiger partial charge in [0.2, 0.25) is 0 Å². The minimum Gasteiger partial charge on any atom is -0.406 e. The molecule has 0 bridgehead atoms. The van der Waals surface area contributed by atoms with Crippen LogP contribution in [0.3, 0.4) is 0 Å². The van der Waals surface area contributed by atoms with Crippen molar-refractivity contribution in [3.63, 3.8) is 0 Å². The van der Waals surface area contributed by atoms with Gasteiger partial charge in [-0.1, -0.05) is 12.1 Å². The van der Waals surface area contributed by atoms with Crippen LogP contribution < -0.4 is 10.1 Å². The lowest BCUT2D eigenvalue weighted by Gasteiger charge is -2.15. The van der Waals surface area contributed by atoms with Gasteiger partial charge >= 0.3 is 6.36 Å². The molecule has 1 atom stereocenters. The van der Waals surface area contributed by atoms with Gasteiger partial charge in [-0.15, -0.1) is 13.2 Å². The fourth-order valence-corrected chi connectivity index (χ4v) is 1.92. The average molecular weight is 299 g/mol.